The number of allylic oxidation sites excluding steroid dienone is 3. The standard InChI is InChI=1S/C19H23N4O6PS.C17H26N4O3S2.C15H22N4O2S2/c1-13(23(12-24)11-16-10-21-14(2)22-18(16)20)17(8-9-29-30(26,27)28)31-19(25)15-6-4-3-5-7-15;1-12(16(5-6-22)26-25-10-15-4-3-7-24-15)21(11-23)9-14-8-19-13(2)20-17(14)18;1-4-7-22-23-14(5-6-20)11(2)19(10-21)9-13-8-17-12(3)18-15(13)16/h3-7,10,12H,8-9,11H2,1-2H3,(H2,20,21,22)(H2,26,27,28);8,11,15,22H,3-7,9-10H2,1-2H3,(H2,18,19,20);4,8,10,20H,1,5-7,9H2,2-3H3,(H2,16,17,18)/b17-13-;16-12+;14-11-. The van der Waals surface area contributed by atoms with Gasteiger partial charge in [0.15, 0.2) is 0 Å². The summed E-state index contributed by atoms with van der Waals surface area (Å²) in [7, 11) is 1.77. The third kappa shape index (κ3) is 24.8. The molecule has 0 aliphatic carbocycles. The van der Waals surface area contributed by atoms with Crippen LogP contribution in [-0.2, 0) is 47.8 Å². The van der Waals surface area contributed by atoms with Crippen LogP contribution in [0.3, 0.4) is 0 Å². The number of rotatable bonds is 30. The van der Waals surface area contributed by atoms with Crippen molar-refractivity contribution in [2.24, 2.45) is 0 Å². The Labute approximate surface area is 487 Å². The molecule has 1 unspecified atom stereocenters. The summed E-state index contributed by atoms with van der Waals surface area (Å²) in [6.07, 6.45) is 12.2. The van der Waals surface area contributed by atoms with Gasteiger partial charge in [-0.25, -0.2) is 34.5 Å². The number of aliphatic hydroxyl groups excluding tert-OH is 2. The number of hydrogen-bond donors (Lipinski definition) is 7. The van der Waals surface area contributed by atoms with E-state index >= 15 is 0 Å². The van der Waals surface area contributed by atoms with Gasteiger partial charge in [-0.15, -0.1) is 6.58 Å². The number of amides is 3. The molecule has 29 heteroatoms. The largest absolute Gasteiger partial charge is 0.469 e. The monoisotopic (exact) mass is 1220 g/mol. The molecule has 0 saturated carbocycles. The molecule has 436 valence electrons. The molecule has 1 aliphatic rings. The number of benzene rings is 1. The number of anilines is 3. The quantitative estimate of drug-likeness (QED) is 0.00866. The van der Waals surface area contributed by atoms with Crippen LogP contribution in [0.15, 0.2) is 93.4 Å². The molecule has 1 aliphatic heterocycles. The first kappa shape index (κ1) is 68.9. The first-order valence-corrected chi connectivity index (χ1v) is 31.7. The molecule has 0 spiro atoms. The molecular formula is C51H71N12O11PS5. The fourth-order valence-electron chi connectivity index (χ4n) is 6.83. The summed E-state index contributed by atoms with van der Waals surface area (Å²) >= 11 is 0.862. The Kier molecular flexibility index (Phi) is 31.8. The number of phosphoric ester groups is 1. The Morgan fingerprint density at radius 1 is 0.725 bits per heavy atom. The normalized spacial score (nSPS) is 13.9. The van der Waals surface area contributed by atoms with Crippen LogP contribution in [0, 0.1) is 20.8 Å². The number of thioether (sulfide) groups is 1. The topological polar surface area (TPSA) is 350 Å². The minimum absolute atomic E-state index is 0.00437. The molecule has 0 radical (unpaired) electrons. The van der Waals surface area contributed by atoms with E-state index in [4.69, 9.17) is 31.7 Å². The number of aromatic nitrogens is 6. The first-order valence-electron chi connectivity index (χ1n) is 24.7. The molecule has 4 heterocycles. The second-order valence-corrected chi connectivity index (χ2v) is 24.3. The smallest absolute Gasteiger partial charge is 0.396 e. The number of carbonyl (C=O) groups is 4. The van der Waals surface area contributed by atoms with E-state index in [9.17, 15) is 34.0 Å². The molecule has 1 aromatic carbocycles. The third-order valence-electron chi connectivity index (χ3n) is 11.2. The van der Waals surface area contributed by atoms with Gasteiger partial charge in [0, 0.05) is 123 Å². The molecule has 1 fully saturated rings. The Hall–Kier alpha value is -5.36. The van der Waals surface area contributed by atoms with Gasteiger partial charge in [-0.1, -0.05) is 79.6 Å². The summed E-state index contributed by atoms with van der Waals surface area (Å²) in [5, 5.41) is 18.3. The molecule has 3 aromatic heterocycles. The van der Waals surface area contributed by atoms with E-state index < -0.39 is 7.82 Å². The van der Waals surface area contributed by atoms with Crippen LogP contribution < -0.4 is 17.2 Å². The number of carbonyl (C=O) groups excluding carboxylic acids is 4. The molecule has 1 saturated heterocycles. The van der Waals surface area contributed by atoms with Gasteiger partial charge in [-0.05, 0) is 66.1 Å². The van der Waals surface area contributed by atoms with E-state index in [0.717, 1.165) is 76.7 Å². The highest BCUT2D eigenvalue weighted by atomic mass is 33.1. The van der Waals surface area contributed by atoms with Gasteiger partial charge in [0.2, 0.25) is 24.3 Å². The summed E-state index contributed by atoms with van der Waals surface area (Å²) in [5.41, 5.74) is 22.1. The van der Waals surface area contributed by atoms with Gasteiger partial charge in [0.25, 0.3) is 0 Å². The lowest BCUT2D eigenvalue weighted by Crippen LogP contribution is -2.22. The van der Waals surface area contributed by atoms with Gasteiger partial charge < -0.3 is 56.6 Å². The first-order chi connectivity index (χ1) is 38.2. The van der Waals surface area contributed by atoms with E-state index in [1.54, 1.807) is 123 Å². The highest BCUT2D eigenvalue weighted by Crippen LogP contribution is 2.39. The lowest BCUT2D eigenvalue weighted by Gasteiger charge is -2.22. The Morgan fingerprint density at radius 2 is 1.16 bits per heavy atom. The zero-order valence-corrected chi connectivity index (χ0v) is 50.5. The molecule has 0 bridgehead atoms. The number of aliphatic hydroxyl groups is 2. The van der Waals surface area contributed by atoms with Gasteiger partial charge in [0.05, 0.1) is 32.3 Å². The maximum absolute atomic E-state index is 12.7. The number of aryl methyl sites for hydroxylation is 3. The Morgan fingerprint density at radius 3 is 1.54 bits per heavy atom. The summed E-state index contributed by atoms with van der Waals surface area (Å²) < 4.78 is 21.2. The summed E-state index contributed by atoms with van der Waals surface area (Å²) in [5.74, 6) is 4.33. The second kappa shape index (κ2) is 36.9. The number of nitrogen functional groups attached to an aromatic ring is 3. The molecule has 10 N–H and O–H groups in total. The van der Waals surface area contributed by atoms with Crippen LogP contribution in [0.4, 0.5) is 17.5 Å². The molecule has 80 heavy (non-hydrogen) atoms. The van der Waals surface area contributed by atoms with Crippen molar-refractivity contribution in [1.29, 1.82) is 0 Å². The van der Waals surface area contributed by atoms with Crippen molar-refractivity contribution in [2.75, 3.05) is 55.1 Å². The molecule has 4 aromatic rings. The maximum Gasteiger partial charge on any atom is 0.469 e. The van der Waals surface area contributed by atoms with Crippen LogP contribution in [0.5, 0.6) is 0 Å². The Bertz CT molecular complexity index is 2810. The zero-order valence-electron chi connectivity index (χ0n) is 45.5. The van der Waals surface area contributed by atoms with E-state index in [-0.39, 0.29) is 43.7 Å². The summed E-state index contributed by atoms with van der Waals surface area (Å²) in [4.78, 5) is 96.9. The highest BCUT2D eigenvalue weighted by molar-refractivity contribution is 8.78. The minimum Gasteiger partial charge on any atom is -0.396 e. The molecule has 1 atom stereocenters. The summed E-state index contributed by atoms with van der Waals surface area (Å²) in [6, 6.07) is 8.52. The molecule has 23 nitrogen and oxygen atoms in total. The van der Waals surface area contributed by atoms with Gasteiger partial charge in [-0.2, -0.15) is 0 Å². The predicted octanol–water partition coefficient (Wildman–Crippen LogP) is 7.64. The van der Waals surface area contributed by atoms with Crippen LogP contribution in [0.2, 0.25) is 0 Å². The van der Waals surface area contributed by atoms with E-state index in [1.807, 2.05) is 19.9 Å². The minimum atomic E-state index is -4.67. The zero-order chi connectivity index (χ0) is 59.2. The van der Waals surface area contributed by atoms with Crippen molar-refractivity contribution in [2.45, 2.75) is 99.4 Å². The third-order valence-corrected chi connectivity index (χ3v) is 18.2. The van der Waals surface area contributed by atoms with Crippen LogP contribution >= 0.6 is 62.8 Å². The van der Waals surface area contributed by atoms with Crippen molar-refractivity contribution in [3.8, 4) is 0 Å². The van der Waals surface area contributed by atoms with Crippen molar-refractivity contribution in [3.63, 3.8) is 0 Å². The SMILES string of the molecule is C/C(=C(/CCO)SSCC1CCCO1)N(C=O)Cc1cnc(C)nc1N.C/C(=C(\CCOP(=O)(O)O)SC(=O)c1ccccc1)N(C=O)Cc1cnc(C)nc1N.C=CCSS/C(CCO)=C(/C)N(C=O)Cc1cnc(C)nc1N. The average molecular weight is 1220 g/mol. The fraction of sp³-hybridized carbons (Fsp3) is 0.412. The maximum atomic E-state index is 12.7. The molecule has 3 amide bonds. The predicted molar refractivity (Wildman–Crippen MR) is 320 cm³/mol. The lowest BCUT2D eigenvalue weighted by molar-refractivity contribution is -0.117. The van der Waals surface area contributed by atoms with Crippen LogP contribution in [0.1, 0.15) is 97.4 Å². The fourth-order valence-corrected chi connectivity index (χ4v) is 13.1. The number of phosphoric acid groups is 1. The van der Waals surface area contributed by atoms with Gasteiger partial charge >= 0.3 is 7.82 Å². The summed E-state index contributed by atoms with van der Waals surface area (Å²) in [6.45, 7) is 15.5. The average Bonchev–Trinajstić information content (AvgIpc) is 3.95. The Balaban J connectivity index is 0.000000319. The van der Waals surface area contributed by atoms with E-state index in [2.05, 4.69) is 41.0 Å². The number of hydrogen-bond acceptors (Lipinski definition) is 23. The lowest BCUT2D eigenvalue weighted by atomic mass is 10.2. The van der Waals surface area contributed by atoms with Crippen molar-refractivity contribution in [1.82, 2.24) is 44.6 Å². The van der Waals surface area contributed by atoms with E-state index in [1.165, 1.54) is 11.1 Å². The number of nitrogens with zero attached hydrogens (tertiary/aromatic N) is 9. The number of ether oxygens (including phenoxy) is 1. The van der Waals surface area contributed by atoms with E-state index in [0.29, 0.717) is 100 Å². The molecule has 5 rings (SSSR count). The van der Waals surface area contributed by atoms with Crippen molar-refractivity contribution >= 4 is 105 Å². The number of nitrogens with two attached hydrogens (primary N) is 3. The van der Waals surface area contributed by atoms with Crippen LogP contribution in [0.25, 0.3) is 0 Å². The van der Waals surface area contributed by atoms with Crippen LogP contribution in [-0.4, -0.2) is 133 Å². The van der Waals surface area contributed by atoms with Gasteiger partial charge in [-0.3, -0.25) is 23.7 Å². The molecular weight excluding hydrogens is 1150 g/mol. The highest BCUT2D eigenvalue weighted by Gasteiger charge is 2.22. The van der Waals surface area contributed by atoms with Gasteiger partial charge in [0.1, 0.15) is 34.9 Å². The second-order valence-electron chi connectivity index (χ2n) is 17.1. The van der Waals surface area contributed by atoms with Crippen molar-refractivity contribution in [3.05, 3.63) is 133 Å². The van der Waals surface area contributed by atoms with Crippen molar-refractivity contribution < 1.29 is 53.0 Å².